The lowest BCUT2D eigenvalue weighted by Gasteiger charge is -2.45. The van der Waals surface area contributed by atoms with Gasteiger partial charge in [-0.2, -0.15) is 0 Å². The number of hydrogen-bond acceptors (Lipinski definition) is 1. The molecule has 0 amide bonds. The van der Waals surface area contributed by atoms with Gasteiger partial charge in [0.25, 0.3) is 0 Å². The molecule has 1 atom stereocenters. The summed E-state index contributed by atoms with van der Waals surface area (Å²) < 4.78 is 2.00. The molecule has 0 radical (unpaired) electrons. The minimum Gasteiger partial charge on any atom is -0.392 e. The second kappa shape index (κ2) is 5.35. The van der Waals surface area contributed by atoms with E-state index in [2.05, 4.69) is 35.6 Å². The second-order valence-electron chi connectivity index (χ2n) is 4.08. The predicted octanol–water partition coefficient (Wildman–Crippen LogP) is 3.66. The highest BCUT2D eigenvalue weighted by Gasteiger charge is 2.41. The van der Waals surface area contributed by atoms with Crippen molar-refractivity contribution in [2.75, 3.05) is 0 Å². The third-order valence-corrected chi connectivity index (χ3v) is 3.76. The Kier molecular flexibility index (Phi) is 4.73. The van der Waals surface area contributed by atoms with Gasteiger partial charge in [0.1, 0.15) is 0 Å². The standard InChI is InChI=1S/C11H19IO/c1-2-6-11(7-4-8-11)10(13)5-3-9-12/h3,9-10,13H,2,4-8H2,1H3. The van der Waals surface area contributed by atoms with Crippen LogP contribution in [0.15, 0.2) is 10.2 Å². The van der Waals surface area contributed by atoms with Crippen molar-refractivity contribution in [3.63, 3.8) is 0 Å². The van der Waals surface area contributed by atoms with E-state index in [1.165, 1.54) is 32.1 Å². The van der Waals surface area contributed by atoms with Gasteiger partial charge in [0.15, 0.2) is 0 Å². The molecule has 2 heteroatoms. The first-order valence-electron chi connectivity index (χ1n) is 5.18. The van der Waals surface area contributed by atoms with Crippen LogP contribution in [0.2, 0.25) is 0 Å². The molecule has 1 unspecified atom stereocenters. The SMILES string of the molecule is CCCC1(C(O)CC=CI)CCC1. The van der Waals surface area contributed by atoms with Gasteiger partial charge >= 0.3 is 0 Å². The summed E-state index contributed by atoms with van der Waals surface area (Å²) in [7, 11) is 0. The summed E-state index contributed by atoms with van der Waals surface area (Å²) >= 11 is 2.21. The van der Waals surface area contributed by atoms with E-state index >= 15 is 0 Å². The number of hydrogen-bond donors (Lipinski definition) is 1. The fourth-order valence-corrected chi connectivity index (χ4v) is 2.60. The molecule has 76 valence electrons. The smallest absolute Gasteiger partial charge is 0.0631 e. The molecular weight excluding hydrogens is 275 g/mol. The Bertz CT molecular complexity index is 173. The molecule has 1 aliphatic carbocycles. The largest absolute Gasteiger partial charge is 0.392 e. The van der Waals surface area contributed by atoms with Gasteiger partial charge in [0.05, 0.1) is 6.10 Å². The summed E-state index contributed by atoms with van der Waals surface area (Å²) in [5, 5.41) is 10.0. The summed E-state index contributed by atoms with van der Waals surface area (Å²) in [6.07, 6.45) is 8.98. The third-order valence-electron chi connectivity index (χ3n) is 3.25. The van der Waals surface area contributed by atoms with Gasteiger partial charge in [-0.15, -0.1) is 0 Å². The lowest BCUT2D eigenvalue weighted by Crippen LogP contribution is -2.40. The van der Waals surface area contributed by atoms with Crippen LogP contribution in [0.1, 0.15) is 45.4 Å². The van der Waals surface area contributed by atoms with Crippen molar-refractivity contribution in [1.29, 1.82) is 0 Å². The molecule has 0 aliphatic heterocycles. The van der Waals surface area contributed by atoms with Crippen LogP contribution < -0.4 is 0 Å². The van der Waals surface area contributed by atoms with Crippen molar-refractivity contribution in [1.82, 2.24) is 0 Å². The molecule has 1 saturated carbocycles. The Morgan fingerprint density at radius 1 is 1.54 bits per heavy atom. The van der Waals surface area contributed by atoms with Gasteiger partial charge in [-0.25, -0.2) is 0 Å². The summed E-state index contributed by atoms with van der Waals surface area (Å²) in [4.78, 5) is 0. The first-order valence-corrected chi connectivity index (χ1v) is 6.43. The van der Waals surface area contributed by atoms with Crippen LogP contribution in [0.5, 0.6) is 0 Å². The number of rotatable bonds is 5. The Balaban J connectivity index is 2.44. The maximum absolute atomic E-state index is 10.0. The van der Waals surface area contributed by atoms with Gasteiger partial charge in [-0.05, 0) is 35.2 Å². The van der Waals surface area contributed by atoms with E-state index in [9.17, 15) is 5.11 Å². The van der Waals surface area contributed by atoms with E-state index in [-0.39, 0.29) is 11.5 Å². The van der Waals surface area contributed by atoms with Gasteiger partial charge in [-0.1, -0.05) is 48.4 Å². The Hall–Kier alpha value is 0.430. The zero-order valence-electron chi connectivity index (χ0n) is 8.30. The molecule has 1 aliphatic rings. The van der Waals surface area contributed by atoms with Crippen LogP contribution in [0.3, 0.4) is 0 Å². The van der Waals surface area contributed by atoms with E-state index in [1.807, 2.05) is 4.08 Å². The second-order valence-corrected chi connectivity index (χ2v) is 4.80. The Labute approximate surface area is 94.7 Å². The number of aliphatic hydroxyl groups is 1. The van der Waals surface area contributed by atoms with Crippen LogP contribution in [0.25, 0.3) is 0 Å². The molecule has 0 bridgehead atoms. The molecule has 0 aromatic carbocycles. The van der Waals surface area contributed by atoms with E-state index < -0.39 is 0 Å². The predicted molar refractivity (Wildman–Crippen MR) is 65.0 cm³/mol. The van der Waals surface area contributed by atoms with Crippen LogP contribution in [-0.2, 0) is 0 Å². The monoisotopic (exact) mass is 294 g/mol. The summed E-state index contributed by atoms with van der Waals surface area (Å²) in [6, 6.07) is 0. The average molecular weight is 294 g/mol. The highest BCUT2D eigenvalue weighted by molar-refractivity contribution is 14.1. The fraction of sp³-hybridized carbons (Fsp3) is 0.818. The van der Waals surface area contributed by atoms with E-state index in [4.69, 9.17) is 0 Å². The van der Waals surface area contributed by atoms with Crippen molar-refractivity contribution >= 4 is 22.6 Å². The molecule has 0 saturated heterocycles. The molecule has 13 heavy (non-hydrogen) atoms. The third kappa shape index (κ3) is 2.69. The molecule has 0 aromatic rings. The van der Waals surface area contributed by atoms with E-state index in [0.29, 0.717) is 0 Å². The van der Waals surface area contributed by atoms with Gasteiger partial charge in [0, 0.05) is 0 Å². The lowest BCUT2D eigenvalue weighted by atomic mass is 9.62. The Morgan fingerprint density at radius 3 is 2.62 bits per heavy atom. The van der Waals surface area contributed by atoms with E-state index in [1.54, 1.807) is 0 Å². The number of halogens is 1. The van der Waals surface area contributed by atoms with Crippen molar-refractivity contribution in [2.45, 2.75) is 51.6 Å². The molecule has 0 spiro atoms. The van der Waals surface area contributed by atoms with Gasteiger partial charge < -0.3 is 5.11 Å². The maximum Gasteiger partial charge on any atom is 0.0631 e. The zero-order valence-corrected chi connectivity index (χ0v) is 10.5. The van der Waals surface area contributed by atoms with Crippen LogP contribution in [-0.4, -0.2) is 11.2 Å². The number of aliphatic hydroxyl groups excluding tert-OH is 1. The van der Waals surface area contributed by atoms with E-state index in [0.717, 1.165) is 6.42 Å². The molecular formula is C11H19IO. The van der Waals surface area contributed by atoms with Crippen LogP contribution >= 0.6 is 22.6 Å². The first kappa shape index (κ1) is 11.5. The van der Waals surface area contributed by atoms with Crippen LogP contribution in [0, 0.1) is 5.41 Å². The molecule has 1 fully saturated rings. The maximum atomic E-state index is 10.0. The molecule has 1 rings (SSSR count). The summed E-state index contributed by atoms with van der Waals surface area (Å²) in [5.41, 5.74) is 0.283. The van der Waals surface area contributed by atoms with Crippen molar-refractivity contribution in [3.8, 4) is 0 Å². The summed E-state index contributed by atoms with van der Waals surface area (Å²) in [6.45, 7) is 2.21. The Morgan fingerprint density at radius 2 is 2.23 bits per heavy atom. The molecule has 1 N–H and O–H groups in total. The molecule has 0 aromatic heterocycles. The van der Waals surface area contributed by atoms with Crippen molar-refractivity contribution < 1.29 is 5.11 Å². The van der Waals surface area contributed by atoms with Crippen LogP contribution in [0.4, 0.5) is 0 Å². The average Bonchev–Trinajstić information content (AvgIpc) is 2.07. The minimum absolute atomic E-state index is 0.104. The zero-order chi connectivity index (χ0) is 9.73. The lowest BCUT2D eigenvalue weighted by molar-refractivity contribution is -0.0394. The minimum atomic E-state index is -0.104. The highest BCUT2D eigenvalue weighted by atomic mass is 127. The summed E-state index contributed by atoms with van der Waals surface area (Å²) in [5.74, 6) is 0. The highest BCUT2D eigenvalue weighted by Crippen LogP contribution is 2.48. The van der Waals surface area contributed by atoms with Crippen molar-refractivity contribution in [3.05, 3.63) is 10.2 Å². The normalized spacial score (nSPS) is 23.0. The van der Waals surface area contributed by atoms with Gasteiger partial charge in [0.2, 0.25) is 0 Å². The topological polar surface area (TPSA) is 20.2 Å². The van der Waals surface area contributed by atoms with Crippen molar-refractivity contribution in [2.24, 2.45) is 5.41 Å². The quantitative estimate of drug-likeness (QED) is 0.767. The first-order chi connectivity index (χ1) is 6.25. The molecule has 1 nitrogen and oxygen atoms in total. The van der Waals surface area contributed by atoms with Gasteiger partial charge in [-0.3, -0.25) is 0 Å². The fourth-order valence-electron chi connectivity index (χ4n) is 2.31. The molecule has 0 heterocycles.